The molecule has 0 aliphatic carbocycles. The number of hydrogen-bond donors (Lipinski definition) is 3. The molecule has 1 unspecified atom stereocenters. The molecule has 0 spiro atoms. The highest BCUT2D eigenvalue weighted by atomic mass is 35.5. The summed E-state index contributed by atoms with van der Waals surface area (Å²) in [4.78, 5) is 35.9. The molecule has 0 bridgehead atoms. The topological polar surface area (TPSA) is 108 Å². The molecule has 1 amide bonds. The summed E-state index contributed by atoms with van der Waals surface area (Å²) >= 11 is 7.36. The lowest BCUT2D eigenvalue weighted by Crippen LogP contribution is -2.34. The monoisotopic (exact) mass is 524 g/mol. The van der Waals surface area contributed by atoms with E-state index in [1.807, 2.05) is 30.3 Å². The van der Waals surface area contributed by atoms with Gasteiger partial charge in [-0.25, -0.2) is 9.78 Å². The number of H-pyrrole nitrogens is 1. The van der Waals surface area contributed by atoms with E-state index in [2.05, 4.69) is 20.2 Å². The number of thiazole rings is 1. The molecule has 8 nitrogen and oxygen atoms in total. The molecule has 2 aromatic heterocycles. The molecule has 1 saturated heterocycles. The fourth-order valence-corrected chi connectivity index (χ4v) is 5.39. The number of aromatic amines is 1. The average molecular weight is 525 g/mol. The predicted octanol–water partition coefficient (Wildman–Crippen LogP) is 4.72. The lowest BCUT2D eigenvalue weighted by atomic mass is 9.98. The normalized spacial score (nSPS) is 15.1. The highest BCUT2D eigenvalue weighted by molar-refractivity contribution is 7.17. The number of carbonyl (C=O) groups is 1. The van der Waals surface area contributed by atoms with Crippen LogP contribution in [0.4, 0.5) is 9.93 Å². The first-order valence-electron chi connectivity index (χ1n) is 11.7. The Morgan fingerprint density at radius 1 is 1.25 bits per heavy atom. The second kappa shape index (κ2) is 10.7. The standard InChI is InChI=1S/C26H25ClN4O4S/c27-18-6-7-19-21(12-18)28-13-20(24(19)33)23(17-4-2-1-3-5-17)30-26(34)35-22-14-29-25(36-22)31-10-8-16(15-32)9-11-31/h1-7,12-14,16,23,32H,8-11,15H2,(H,28,33)(H,30,34). The van der Waals surface area contributed by atoms with Gasteiger partial charge in [-0.15, -0.1) is 0 Å². The molecule has 1 atom stereocenters. The Morgan fingerprint density at radius 3 is 2.78 bits per heavy atom. The fourth-order valence-electron chi connectivity index (χ4n) is 4.40. The van der Waals surface area contributed by atoms with Gasteiger partial charge in [-0.2, -0.15) is 0 Å². The summed E-state index contributed by atoms with van der Waals surface area (Å²) in [5.41, 5.74) is 1.53. The number of nitrogens with zero attached hydrogens (tertiary/aromatic N) is 2. The summed E-state index contributed by atoms with van der Waals surface area (Å²) in [6.45, 7) is 1.81. The summed E-state index contributed by atoms with van der Waals surface area (Å²) in [5.74, 6) is 0.327. The number of carbonyl (C=O) groups excluding carboxylic acids is 1. The van der Waals surface area contributed by atoms with Gasteiger partial charge >= 0.3 is 6.09 Å². The van der Waals surface area contributed by atoms with Crippen LogP contribution in [0.3, 0.4) is 0 Å². The number of halogens is 1. The third-order valence-electron chi connectivity index (χ3n) is 6.39. The van der Waals surface area contributed by atoms with Crippen molar-refractivity contribution in [3.05, 3.63) is 87.3 Å². The molecular formula is C26H25ClN4O4S. The SMILES string of the molecule is O=C(NC(c1ccccc1)c1c[nH]c2cc(Cl)ccc2c1=O)Oc1cnc(N2CCC(CO)CC2)s1. The highest BCUT2D eigenvalue weighted by Crippen LogP contribution is 2.32. The van der Waals surface area contributed by atoms with Crippen LogP contribution in [-0.4, -0.2) is 40.9 Å². The summed E-state index contributed by atoms with van der Waals surface area (Å²) < 4.78 is 5.55. The van der Waals surface area contributed by atoms with E-state index < -0.39 is 12.1 Å². The zero-order valence-electron chi connectivity index (χ0n) is 19.3. The number of aliphatic hydroxyl groups is 1. The summed E-state index contributed by atoms with van der Waals surface area (Å²) in [5, 5.41) is 14.3. The number of hydrogen-bond acceptors (Lipinski definition) is 7. The molecule has 0 radical (unpaired) electrons. The van der Waals surface area contributed by atoms with Crippen molar-refractivity contribution < 1.29 is 14.6 Å². The van der Waals surface area contributed by atoms with Crippen LogP contribution in [0.15, 0.2) is 65.7 Å². The molecule has 1 fully saturated rings. The maximum atomic E-state index is 13.3. The average Bonchev–Trinajstić information content (AvgIpc) is 3.36. The summed E-state index contributed by atoms with van der Waals surface area (Å²) in [6.07, 6.45) is 4.24. The molecule has 0 saturated carbocycles. The van der Waals surface area contributed by atoms with Crippen molar-refractivity contribution in [3.63, 3.8) is 0 Å². The largest absolute Gasteiger partial charge is 0.414 e. The van der Waals surface area contributed by atoms with Gasteiger partial charge in [0.25, 0.3) is 0 Å². The number of benzene rings is 2. The van der Waals surface area contributed by atoms with Gasteiger partial charge in [-0.1, -0.05) is 53.3 Å². The highest BCUT2D eigenvalue weighted by Gasteiger charge is 2.24. The number of fused-ring (bicyclic) bond motifs is 1. The summed E-state index contributed by atoms with van der Waals surface area (Å²) in [7, 11) is 0. The Kier molecular flexibility index (Phi) is 7.22. The minimum atomic E-state index is -0.729. The lowest BCUT2D eigenvalue weighted by Gasteiger charge is -2.30. The van der Waals surface area contributed by atoms with E-state index in [9.17, 15) is 14.7 Å². The zero-order chi connectivity index (χ0) is 25.1. The number of aromatic nitrogens is 2. The molecular weight excluding hydrogens is 500 g/mol. The van der Waals surface area contributed by atoms with E-state index in [1.165, 1.54) is 17.5 Å². The van der Waals surface area contributed by atoms with Crippen molar-refractivity contribution in [2.75, 3.05) is 24.6 Å². The minimum absolute atomic E-state index is 0.205. The number of rotatable bonds is 6. The Morgan fingerprint density at radius 2 is 2.03 bits per heavy atom. The van der Waals surface area contributed by atoms with Crippen LogP contribution in [0.1, 0.15) is 30.0 Å². The first kappa shape index (κ1) is 24.3. The van der Waals surface area contributed by atoms with Crippen LogP contribution in [0.2, 0.25) is 5.02 Å². The van der Waals surface area contributed by atoms with Crippen LogP contribution in [0, 0.1) is 5.92 Å². The molecule has 10 heteroatoms. The van der Waals surface area contributed by atoms with E-state index in [1.54, 1.807) is 24.4 Å². The fraction of sp³-hybridized carbons (Fsp3) is 0.269. The van der Waals surface area contributed by atoms with E-state index in [0.717, 1.165) is 36.6 Å². The Hall–Kier alpha value is -3.40. The quantitative estimate of drug-likeness (QED) is 0.337. The van der Waals surface area contributed by atoms with Crippen molar-refractivity contribution in [1.29, 1.82) is 0 Å². The third kappa shape index (κ3) is 5.23. The molecule has 3 N–H and O–H groups in total. The number of anilines is 1. The van der Waals surface area contributed by atoms with Gasteiger partial charge in [-0.3, -0.25) is 4.79 Å². The van der Waals surface area contributed by atoms with Crippen molar-refractivity contribution in [2.45, 2.75) is 18.9 Å². The molecule has 1 aliphatic heterocycles. The number of pyridine rings is 1. The van der Waals surface area contributed by atoms with Crippen molar-refractivity contribution in [3.8, 4) is 5.06 Å². The maximum absolute atomic E-state index is 13.3. The van der Waals surface area contributed by atoms with E-state index >= 15 is 0 Å². The second-order valence-corrected chi connectivity index (χ2v) is 10.1. The van der Waals surface area contributed by atoms with Crippen LogP contribution in [0.5, 0.6) is 5.06 Å². The van der Waals surface area contributed by atoms with Gasteiger partial charge in [-0.05, 0) is 42.5 Å². The van der Waals surface area contributed by atoms with Crippen LogP contribution in [0.25, 0.3) is 10.9 Å². The van der Waals surface area contributed by atoms with Crippen LogP contribution in [-0.2, 0) is 0 Å². The van der Waals surface area contributed by atoms with Crippen molar-refractivity contribution in [2.24, 2.45) is 5.92 Å². The smallest absolute Gasteiger partial charge is 0.397 e. The number of aliphatic hydroxyl groups excluding tert-OH is 1. The maximum Gasteiger partial charge on any atom is 0.414 e. The number of piperidine rings is 1. The van der Waals surface area contributed by atoms with E-state index in [-0.39, 0.29) is 12.0 Å². The van der Waals surface area contributed by atoms with E-state index in [4.69, 9.17) is 16.3 Å². The minimum Gasteiger partial charge on any atom is -0.397 e. The third-order valence-corrected chi connectivity index (χ3v) is 7.56. The molecule has 186 valence electrons. The number of nitrogens with one attached hydrogen (secondary N) is 2. The van der Waals surface area contributed by atoms with Crippen molar-refractivity contribution >= 4 is 45.1 Å². The van der Waals surface area contributed by atoms with Gasteiger partial charge in [0, 0.05) is 41.9 Å². The van der Waals surface area contributed by atoms with Gasteiger partial charge in [0.2, 0.25) is 5.06 Å². The first-order chi connectivity index (χ1) is 17.5. The van der Waals surface area contributed by atoms with Gasteiger partial charge in [0.15, 0.2) is 10.6 Å². The van der Waals surface area contributed by atoms with Gasteiger partial charge in [0.1, 0.15) is 0 Å². The Balaban J connectivity index is 1.36. The molecule has 5 rings (SSSR count). The first-order valence-corrected chi connectivity index (χ1v) is 12.9. The predicted molar refractivity (Wildman–Crippen MR) is 141 cm³/mol. The second-order valence-electron chi connectivity index (χ2n) is 8.72. The van der Waals surface area contributed by atoms with Crippen LogP contribution >= 0.6 is 22.9 Å². The van der Waals surface area contributed by atoms with Crippen molar-refractivity contribution in [1.82, 2.24) is 15.3 Å². The van der Waals surface area contributed by atoms with E-state index in [0.29, 0.717) is 32.5 Å². The Labute approximate surface area is 216 Å². The molecule has 36 heavy (non-hydrogen) atoms. The van der Waals surface area contributed by atoms with Gasteiger partial charge in [0.05, 0.1) is 17.8 Å². The molecule has 2 aromatic carbocycles. The zero-order valence-corrected chi connectivity index (χ0v) is 20.9. The Bertz CT molecular complexity index is 1420. The molecule has 4 aromatic rings. The summed E-state index contributed by atoms with van der Waals surface area (Å²) in [6, 6.07) is 13.5. The number of ether oxygens (including phenoxy) is 1. The lowest BCUT2D eigenvalue weighted by molar-refractivity contribution is 0.199. The molecule has 1 aliphatic rings. The number of amides is 1. The molecule has 3 heterocycles. The van der Waals surface area contributed by atoms with Gasteiger partial charge < -0.3 is 25.0 Å². The van der Waals surface area contributed by atoms with Crippen LogP contribution < -0.4 is 20.4 Å².